The molecule has 1 aliphatic heterocycles. The van der Waals surface area contributed by atoms with Gasteiger partial charge in [0, 0.05) is 51.2 Å². The van der Waals surface area contributed by atoms with Crippen molar-refractivity contribution in [3.63, 3.8) is 0 Å². The zero-order valence-electron chi connectivity index (χ0n) is 13.9. The van der Waals surface area contributed by atoms with Crippen LogP contribution < -0.4 is 5.32 Å². The number of carbonyl (C=O) groups is 1. The molecular weight excluding hydrogens is 288 g/mol. The predicted molar refractivity (Wildman–Crippen MR) is 91.1 cm³/mol. The van der Waals surface area contributed by atoms with Crippen LogP contribution in [0.2, 0.25) is 0 Å². The van der Waals surface area contributed by atoms with Gasteiger partial charge in [-0.2, -0.15) is 0 Å². The summed E-state index contributed by atoms with van der Waals surface area (Å²) in [5, 5.41) is 3.25. The third-order valence-electron chi connectivity index (χ3n) is 4.97. The van der Waals surface area contributed by atoms with Crippen molar-refractivity contribution in [1.82, 2.24) is 20.1 Å². The van der Waals surface area contributed by atoms with Gasteiger partial charge in [-0.05, 0) is 24.5 Å². The number of rotatable bonds is 3. The summed E-state index contributed by atoms with van der Waals surface area (Å²) >= 11 is 0. The van der Waals surface area contributed by atoms with Gasteiger partial charge in [0.15, 0.2) is 0 Å². The van der Waals surface area contributed by atoms with Crippen LogP contribution in [-0.2, 0) is 6.54 Å². The van der Waals surface area contributed by atoms with Gasteiger partial charge < -0.3 is 10.2 Å². The molecule has 2 heterocycles. The van der Waals surface area contributed by atoms with Crippen LogP contribution in [0.4, 0.5) is 4.79 Å². The number of piperazine rings is 1. The number of hydrogen-bond acceptors (Lipinski definition) is 3. The average molecular weight is 316 g/mol. The quantitative estimate of drug-likeness (QED) is 0.872. The molecule has 0 spiro atoms. The van der Waals surface area contributed by atoms with E-state index < -0.39 is 0 Å². The van der Waals surface area contributed by atoms with Crippen LogP contribution in [0, 0.1) is 0 Å². The first-order chi connectivity index (χ1) is 11.3. The van der Waals surface area contributed by atoms with Crippen molar-refractivity contribution in [1.29, 1.82) is 0 Å². The topological polar surface area (TPSA) is 48.5 Å². The highest BCUT2D eigenvalue weighted by molar-refractivity contribution is 5.74. The Morgan fingerprint density at radius 1 is 1.13 bits per heavy atom. The summed E-state index contributed by atoms with van der Waals surface area (Å²) in [6, 6.07) is 4.61. The fourth-order valence-corrected chi connectivity index (χ4v) is 3.55. The second kappa shape index (κ2) is 8.29. The van der Waals surface area contributed by atoms with Gasteiger partial charge in [0.1, 0.15) is 0 Å². The van der Waals surface area contributed by atoms with E-state index in [2.05, 4.69) is 21.3 Å². The van der Waals surface area contributed by atoms with E-state index in [-0.39, 0.29) is 6.03 Å². The lowest BCUT2D eigenvalue weighted by atomic mass is 10.1. The molecular formula is C18H28N4O. The van der Waals surface area contributed by atoms with Crippen molar-refractivity contribution in [3.8, 4) is 0 Å². The molecule has 2 fully saturated rings. The van der Waals surface area contributed by atoms with Gasteiger partial charge in [-0.25, -0.2) is 4.79 Å². The fraction of sp³-hybridized carbons (Fsp3) is 0.667. The Morgan fingerprint density at radius 3 is 2.52 bits per heavy atom. The molecule has 1 N–H and O–H groups in total. The van der Waals surface area contributed by atoms with E-state index in [4.69, 9.17) is 0 Å². The van der Waals surface area contributed by atoms with Crippen LogP contribution in [0.5, 0.6) is 0 Å². The molecule has 0 atom stereocenters. The molecule has 0 radical (unpaired) electrons. The number of aromatic nitrogens is 1. The summed E-state index contributed by atoms with van der Waals surface area (Å²) in [5.74, 6) is 0. The molecule has 1 aliphatic carbocycles. The van der Waals surface area contributed by atoms with Crippen LogP contribution in [0.3, 0.4) is 0 Å². The number of amides is 2. The zero-order chi connectivity index (χ0) is 15.9. The van der Waals surface area contributed by atoms with Gasteiger partial charge >= 0.3 is 6.03 Å². The van der Waals surface area contributed by atoms with Crippen molar-refractivity contribution in [3.05, 3.63) is 30.1 Å². The molecule has 5 heteroatoms. The van der Waals surface area contributed by atoms with E-state index >= 15 is 0 Å². The van der Waals surface area contributed by atoms with E-state index in [0.29, 0.717) is 6.04 Å². The van der Waals surface area contributed by atoms with Gasteiger partial charge in [0.25, 0.3) is 0 Å². The molecule has 0 unspecified atom stereocenters. The Bertz CT molecular complexity index is 477. The Morgan fingerprint density at radius 2 is 1.87 bits per heavy atom. The lowest BCUT2D eigenvalue weighted by Gasteiger charge is -2.35. The number of urea groups is 1. The predicted octanol–water partition coefficient (Wildman–Crippen LogP) is 2.63. The van der Waals surface area contributed by atoms with Crippen molar-refractivity contribution >= 4 is 6.03 Å². The minimum Gasteiger partial charge on any atom is -0.335 e. The molecule has 1 saturated carbocycles. The van der Waals surface area contributed by atoms with E-state index in [9.17, 15) is 4.79 Å². The van der Waals surface area contributed by atoms with Crippen LogP contribution in [0.1, 0.15) is 44.1 Å². The summed E-state index contributed by atoms with van der Waals surface area (Å²) in [4.78, 5) is 21.0. The number of carbonyl (C=O) groups excluding carboxylic acids is 1. The maximum atomic E-state index is 12.4. The summed E-state index contributed by atoms with van der Waals surface area (Å²) in [6.45, 7) is 4.43. The maximum absolute atomic E-state index is 12.4. The van der Waals surface area contributed by atoms with Gasteiger partial charge in [-0.3, -0.25) is 9.88 Å². The fourth-order valence-electron chi connectivity index (χ4n) is 3.55. The van der Waals surface area contributed by atoms with Crippen molar-refractivity contribution in [2.24, 2.45) is 0 Å². The summed E-state index contributed by atoms with van der Waals surface area (Å²) in [5.41, 5.74) is 1.24. The number of nitrogens with zero attached hydrogens (tertiary/aromatic N) is 3. The molecule has 5 nitrogen and oxygen atoms in total. The second-order valence-corrected chi connectivity index (χ2v) is 6.76. The van der Waals surface area contributed by atoms with Crippen molar-refractivity contribution in [2.75, 3.05) is 26.2 Å². The highest BCUT2D eigenvalue weighted by Gasteiger charge is 2.23. The molecule has 1 aromatic heterocycles. The minimum atomic E-state index is 0.137. The highest BCUT2D eigenvalue weighted by Crippen LogP contribution is 2.17. The Balaban J connectivity index is 1.42. The SMILES string of the molecule is O=C(NC1CCCCCC1)N1CCN(Cc2cccnc2)CC1. The van der Waals surface area contributed by atoms with E-state index in [1.54, 1.807) is 6.20 Å². The van der Waals surface area contributed by atoms with Gasteiger partial charge in [0.2, 0.25) is 0 Å². The van der Waals surface area contributed by atoms with E-state index in [1.807, 2.05) is 17.2 Å². The average Bonchev–Trinajstić information content (AvgIpc) is 2.85. The van der Waals surface area contributed by atoms with E-state index in [0.717, 1.165) is 45.6 Å². The lowest BCUT2D eigenvalue weighted by molar-refractivity contribution is 0.132. The zero-order valence-corrected chi connectivity index (χ0v) is 13.9. The first-order valence-corrected chi connectivity index (χ1v) is 8.98. The Kier molecular flexibility index (Phi) is 5.86. The van der Waals surface area contributed by atoms with Crippen LogP contribution in [0.15, 0.2) is 24.5 Å². The number of pyridine rings is 1. The van der Waals surface area contributed by atoms with Gasteiger partial charge in [-0.15, -0.1) is 0 Å². The molecule has 1 saturated heterocycles. The lowest BCUT2D eigenvalue weighted by Crippen LogP contribution is -2.53. The molecule has 126 valence electrons. The van der Waals surface area contributed by atoms with Crippen LogP contribution >= 0.6 is 0 Å². The monoisotopic (exact) mass is 316 g/mol. The highest BCUT2D eigenvalue weighted by atomic mass is 16.2. The largest absolute Gasteiger partial charge is 0.335 e. The van der Waals surface area contributed by atoms with Gasteiger partial charge in [-0.1, -0.05) is 31.7 Å². The van der Waals surface area contributed by atoms with Crippen LogP contribution in [0.25, 0.3) is 0 Å². The minimum absolute atomic E-state index is 0.137. The molecule has 3 rings (SSSR count). The first-order valence-electron chi connectivity index (χ1n) is 8.98. The molecule has 0 aromatic carbocycles. The third kappa shape index (κ3) is 4.93. The summed E-state index contributed by atoms with van der Waals surface area (Å²) in [6.07, 6.45) is 11.2. The van der Waals surface area contributed by atoms with Crippen molar-refractivity contribution < 1.29 is 4.79 Å². The number of nitrogens with one attached hydrogen (secondary N) is 1. The maximum Gasteiger partial charge on any atom is 0.317 e. The third-order valence-corrected chi connectivity index (χ3v) is 4.97. The Hall–Kier alpha value is -1.62. The van der Waals surface area contributed by atoms with E-state index in [1.165, 1.54) is 31.2 Å². The Labute approximate surface area is 139 Å². The molecule has 23 heavy (non-hydrogen) atoms. The molecule has 2 aliphatic rings. The summed E-state index contributed by atoms with van der Waals surface area (Å²) < 4.78 is 0. The standard InChI is InChI=1S/C18H28N4O/c23-18(20-17-7-3-1-2-4-8-17)22-12-10-21(11-13-22)15-16-6-5-9-19-14-16/h5-6,9,14,17H,1-4,7-8,10-13,15H2,(H,20,23). The first kappa shape index (κ1) is 16.2. The normalized spacial score (nSPS) is 21.0. The molecule has 2 amide bonds. The summed E-state index contributed by atoms with van der Waals surface area (Å²) in [7, 11) is 0. The molecule has 0 bridgehead atoms. The second-order valence-electron chi connectivity index (χ2n) is 6.76. The smallest absolute Gasteiger partial charge is 0.317 e. The van der Waals surface area contributed by atoms with Crippen molar-refractivity contribution in [2.45, 2.75) is 51.1 Å². The van der Waals surface area contributed by atoms with Gasteiger partial charge in [0.05, 0.1) is 0 Å². The van der Waals surface area contributed by atoms with Crippen LogP contribution in [-0.4, -0.2) is 53.0 Å². The number of hydrogen-bond donors (Lipinski definition) is 1. The molecule has 1 aromatic rings.